The Kier molecular flexibility index (Phi) is 2.87. The third-order valence-electron chi connectivity index (χ3n) is 5.62. The summed E-state index contributed by atoms with van der Waals surface area (Å²) in [6, 6.07) is 0.739. The van der Waals surface area contributed by atoms with Crippen LogP contribution in [-0.4, -0.2) is 13.1 Å². The number of hydrogen-bond donors (Lipinski definition) is 1. The molecule has 2 rings (SSSR count). The molecule has 88 valence electrons. The van der Waals surface area contributed by atoms with Crippen LogP contribution in [0, 0.1) is 29.1 Å². The summed E-state index contributed by atoms with van der Waals surface area (Å²) in [5.41, 5.74) is 0.742. The molecule has 1 heteroatoms. The molecule has 2 aliphatic carbocycles. The summed E-state index contributed by atoms with van der Waals surface area (Å²) in [4.78, 5) is 0. The van der Waals surface area contributed by atoms with Crippen LogP contribution in [0.1, 0.15) is 47.0 Å². The molecule has 0 radical (unpaired) electrons. The monoisotopic (exact) mass is 209 g/mol. The first-order valence-electron chi connectivity index (χ1n) is 6.74. The fourth-order valence-corrected chi connectivity index (χ4v) is 4.05. The van der Waals surface area contributed by atoms with Gasteiger partial charge >= 0.3 is 0 Å². The molecule has 0 spiro atoms. The highest BCUT2D eigenvalue weighted by Crippen LogP contribution is 2.84. The Morgan fingerprint density at radius 3 is 2.27 bits per heavy atom. The van der Waals surface area contributed by atoms with E-state index in [1.54, 1.807) is 0 Å². The van der Waals surface area contributed by atoms with E-state index in [1.165, 1.54) is 19.3 Å². The Morgan fingerprint density at radius 2 is 1.87 bits per heavy atom. The number of rotatable bonds is 6. The lowest BCUT2D eigenvalue weighted by Gasteiger charge is -2.29. The van der Waals surface area contributed by atoms with Crippen LogP contribution >= 0.6 is 0 Å². The largest absolute Gasteiger partial charge is 0.317 e. The minimum absolute atomic E-state index is 0.739. The van der Waals surface area contributed by atoms with Crippen molar-refractivity contribution in [2.75, 3.05) is 7.05 Å². The summed E-state index contributed by atoms with van der Waals surface area (Å²) in [6.45, 7) is 9.70. The molecule has 2 saturated carbocycles. The van der Waals surface area contributed by atoms with E-state index in [0.29, 0.717) is 0 Å². The molecule has 1 N–H and O–H groups in total. The lowest BCUT2D eigenvalue weighted by atomic mass is 9.77. The first kappa shape index (κ1) is 11.4. The fourth-order valence-electron chi connectivity index (χ4n) is 4.05. The Labute approximate surface area is 95.0 Å². The molecule has 0 bridgehead atoms. The van der Waals surface area contributed by atoms with Crippen LogP contribution in [0.4, 0.5) is 0 Å². The molecule has 0 aromatic carbocycles. The topological polar surface area (TPSA) is 12.0 Å². The molecule has 2 fully saturated rings. The highest BCUT2D eigenvalue weighted by atomic mass is 14.9. The maximum Gasteiger partial charge on any atom is 0.00615 e. The third-order valence-corrected chi connectivity index (χ3v) is 5.62. The van der Waals surface area contributed by atoms with Gasteiger partial charge in [0, 0.05) is 6.04 Å². The number of fused-ring (bicyclic) bond motifs is 1. The molecular weight excluding hydrogens is 182 g/mol. The van der Waals surface area contributed by atoms with Gasteiger partial charge in [-0.15, -0.1) is 0 Å². The van der Waals surface area contributed by atoms with Crippen LogP contribution in [0.25, 0.3) is 0 Å². The van der Waals surface area contributed by atoms with Gasteiger partial charge in [0.05, 0.1) is 0 Å². The Hall–Kier alpha value is -0.0400. The Balaban J connectivity index is 1.72. The van der Waals surface area contributed by atoms with Gasteiger partial charge in [-0.1, -0.05) is 27.7 Å². The van der Waals surface area contributed by atoms with Crippen LogP contribution in [0.2, 0.25) is 0 Å². The molecule has 1 nitrogen and oxygen atoms in total. The minimum Gasteiger partial charge on any atom is -0.317 e. The zero-order chi connectivity index (χ0) is 11.2. The van der Waals surface area contributed by atoms with Crippen molar-refractivity contribution in [3.63, 3.8) is 0 Å². The molecule has 4 atom stereocenters. The smallest absolute Gasteiger partial charge is 0.00615 e. The molecule has 0 aliphatic heterocycles. The third kappa shape index (κ3) is 1.63. The maximum atomic E-state index is 3.41. The second-order valence-corrected chi connectivity index (χ2v) is 6.15. The summed E-state index contributed by atoms with van der Waals surface area (Å²) in [6.07, 6.45) is 4.04. The maximum absolute atomic E-state index is 3.41. The fraction of sp³-hybridized carbons (Fsp3) is 1.00. The summed E-state index contributed by atoms with van der Waals surface area (Å²) < 4.78 is 0. The van der Waals surface area contributed by atoms with Crippen molar-refractivity contribution in [3.05, 3.63) is 0 Å². The standard InChI is InChI=1S/C14H27N/c1-6-11(15-5)8-7-9(2)14(4)12-10(3)13(12)14/h9-13,15H,6-8H2,1-5H3. The van der Waals surface area contributed by atoms with Gasteiger partial charge in [-0.2, -0.15) is 0 Å². The first-order valence-corrected chi connectivity index (χ1v) is 6.74. The average molecular weight is 209 g/mol. The molecule has 0 aromatic heterocycles. The minimum atomic E-state index is 0.739. The van der Waals surface area contributed by atoms with Gasteiger partial charge in [-0.25, -0.2) is 0 Å². The Morgan fingerprint density at radius 1 is 1.27 bits per heavy atom. The van der Waals surface area contributed by atoms with Gasteiger partial charge in [0.2, 0.25) is 0 Å². The zero-order valence-corrected chi connectivity index (χ0v) is 11.0. The van der Waals surface area contributed by atoms with E-state index < -0.39 is 0 Å². The van der Waals surface area contributed by atoms with Crippen molar-refractivity contribution in [1.29, 1.82) is 0 Å². The Bertz CT molecular complexity index is 221. The van der Waals surface area contributed by atoms with Gasteiger partial charge in [0.1, 0.15) is 0 Å². The van der Waals surface area contributed by atoms with Crippen LogP contribution < -0.4 is 5.32 Å². The number of hydrogen-bond acceptors (Lipinski definition) is 1. The van der Waals surface area contributed by atoms with Crippen LogP contribution in [-0.2, 0) is 0 Å². The average Bonchev–Trinajstić information content (AvgIpc) is 3.09. The molecule has 0 saturated heterocycles. The number of nitrogens with one attached hydrogen (secondary N) is 1. The molecule has 0 amide bonds. The van der Waals surface area contributed by atoms with E-state index in [9.17, 15) is 0 Å². The van der Waals surface area contributed by atoms with Crippen molar-refractivity contribution in [2.24, 2.45) is 29.1 Å². The van der Waals surface area contributed by atoms with Crippen molar-refractivity contribution in [2.45, 2.75) is 53.0 Å². The predicted octanol–water partition coefficient (Wildman–Crippen LogP) is 3.30. The van der Waals surface area contributed by atoms with Gasteiger partial charge in [-0.05, 0) is 55.4 Å². The lowest BCUT2D eigenvalue weighted by Crippen LogP contribution is -2.27. The zero-order valence-electron chi connectivity index (χ0n) is 11.0. The highest BCUT2D eigenvalue weighted by molar-refractivity contribution is 5.26. The predicted molar refractivity (Wildman–Crippen MR) is 65.8 cm³/mol. The summed E-state index contributed by atoms with van der Waals surface area (Å²) in [7, 11) is 2.09. The van der Waals surface area contributed by atoms with E-state index in [1.807, 2.05) is 0 Å². The van der Waals surface area contributed by atoms with E-state index in [4.69, 9.17) is 0 Å². The van der Waals surface area contributed by atoms with Crippen LogP contribution in [0.15, 0.2) is 0 Å². The van der Waals surface area contributed by atoms with Gasteiger partial charge in [0.25, 0.3) is 0 Å². The lowest BCUT2D eigenvalue weighted by molar-refractivity contribution is 0.208. The van der Waals surface area contributed by atoms with Crippen molar-refractivity contribution in [3.8, 4) is 0 Å². The first-order chi connectivity index (χ1) is 7.07. The van der Waals surface area contributed by atoms with E-state index in [-0.39, 0.29) is 0 Å². The molecular formula is C14H27N. The summed E-state index contributed by atoms with van der Waals surface area (Å²) in [5, 5.41) is 3.41. The van der Waals surface area contributed by atoms with Crippen molar-refractivity contribution in [1.82, 2.24) is 5.32 Å². The van der Waals surface area contributed by atoms with Gasteiger partial charge in [0.15, 0.2) is 0 Å². The second kappa shape index (κ2) is 3.76. The second-order valence-electron chi connectivity index (χ2n) is 6.15. The van der Waals surface area contributed by atoms with Crippen molar-refractivity contribution >= 4 is 0 Å². The normalized spacial score (nSPS) is 45.8. The molecule has 4 unspecified atom stereocenters. The molecule has 0 heterocycles. The van der Waals surface area contributed by atoms with Crippen molar-refractivity contribution < 1.29 is 0 Å². The summed E-state index contributed by atoms with van der Waals surface area (Å²) >= 11 is 0. The highest BCUT2D eigenvalue weighted by Gasteiger charge is 2.79. The molecule has 2 aliphatic rings. The van der Waals surface area contributed by atoms with Crippen LogP contribution in [0.5, 0.6) is 0 Å². The van der Waals surface area contributed by atoms with Gasteiger partial charge < -0.3 is 5.32 Å². The summed E-state index contributed by atoms with van der Waals surface area (Å²) in [5.74, 6) is 4.19. The SMILES string of the molecule is CCC(CCC(C)C1(C)C2C(C)C21)NC. The molecule has 0 aromatic rings. The van der Waals surface area contributed by atoms with E-state index in [2.05, 4.69) is 40.1 Å². The van der Waals surface area contributed by atoms with Gasteiger partial charge in [-0.3, -0.25) is 0 Å². The van der Waals surface area contributed by atoms with E-state index >= 15 is 0 Å². The van der Waals surface area contributed by atoms with E-state index in [0.717, 1.165) is 35.1 Å². The quantitative estimate of drug-likeness (QED) is 0.708. The molecule has 15 heavy (non-hydrogen) atoms. The van der Waals surface area contributed by atoms with Crippen LogP contribution in [0.3, 0.4) is 0 Å².